The number of benzene rings is 8. The Morgan fingerprint density at radius 3 is 1.05 bits per heavy atom. The van der Waals surface area contributed by atoms with Crippen molar-refractivity contribution in [3.05, 3.63) is 258 Å². The zero-order valence-electron chi connectivity index (χ0n) is 33.0. The van der Waals surface area contributed by atoms with Crippen LogP contribution in [0.4, 0.5) is 17.1 Å². The number of para-hydroxylation sites is 2. The lowest BCUT2D eigenvalue weighted by Gasteiger charge is -2.30. The molecule has 8 rings (SSSR count). The van der Waals surface area contributed by atoms with E-state index in [-0.39, 0.29) is 0 Å². The van der Waals surface area contributed by atoms with Gasteiger partial charge in [0.15, 0.2) is 8.07 Å². The Hall–Kier alpha value is -8.02. The minimum Gasteiger partial charge on any atom is -0.311 e. The lowest BCUT2D eigenvalue weighted by molar-refractivity contribution is 1.28. The van der Waals surface area contributed by atoms with E-state index in [1.54, 1.807) is 0 Å². The van der Waals surface area contributed by atoms with Crippen LogP contribution < -0.4 is 20.5 Å². The van der Waals surface area contributed by atoms with Gasteiger partial charge in [-0.15, -0.1) is 0 Å². The van der Waals surface area contributed by atoms with Crippen molar-refractivity contribution in [1.82, 2.24) is 0 Å². The molecule has 0 saturated carbocycles. The van der Waals surface area contributed by atoms with Crippen LogP contribution in [-0.2, 0) is 0 Å². The van der Waals surface area contributed by atoms with E-state index in [9.17, 15) is 10.5 Å². The SMILES string of the molecule is N#C/C(=C\c1ccc(/C=C(\C#N)c2ccc(N(c3ccccc3)c3ccccc3)cc2)cc1)c1ccc(/C=C/[Si](c2ccccc2)(c2ccccc2)c2ccccc2)cc1. The normalized spacial score (nSPS) is 11.8. The number of nitrogens with zero attached hydrogens (tertiary/aromatic N) is 3. The van der Waals surface area contributed by atoms with Gasteiger partial charge in [-0.05, 0) is 91.9 Å². The molecular weight excluding hydrogens is 743 g/mol. The van der Waals surface area contributed by atoms with Crippen molar-refractivity contribution in [2.75, 3.05) is 4.90 Å². The minimum atomic E-state index is -2.54. The van der Waals surface area contributed by atoms with Crippen molar-refractivity contribution < 1.29 is 0 Å². The molecule has 0 N–H and O–H groups in total. The topological polar surface area (TPSA) is 50.8 Å². The summed E-state index contributed by atoms with van der Waals surface area (Å²) in [7, 11) is -2.54. The van der Waals surface area contributed by atoms with Crippen molar-refractivity contribution in [3.8, 4) is 12.1 Å². The minimum absolute atomic E-state index is 0.568. The first-order chi connectivity index (χ1) is 29.6. The highest BCUT2D eigenvalue weighted by atomic mass is 28.3. The van der Waals surface area contributed by atoms with E-state index in [1.165, 1.54) is 15.6 Å². The van der Waals surface area contributed by atoms with Gasteiger partial charge in [0.25, 0.3) is 0 Å². The van der Waals surface area contributed by atoms with Crippen molar-refractivity contribution in [2.24, 2.45) is 0 Å². The second kappa shape index (κ2) is 18.5. The Kier molecular flexibility index (Phi) is 12.0. The number of anilines is 3. The van der Waals surface area contributed by atoms with Crippen LogP contribution in [0.3, 0.4) is 0 Å². The maximum absolute atomic E-state index is 10.2. The smallest absolute Gasteiger partial charge is 0.172 e. The summed E-state index contributed by atoms with van der Waals surface area (Å²) in [6.07, 6.45) is 6.04. The molecule has 0 fully saturated rings. The molecule has 0 bridgehead atoms. The number of nitriles is 2. The molecule has 0 aliphatic carbocycles. The first-order valence-corrected chi connectivity index (χ1v) is 22.0. The van der Waals surface area contributed by atoms with Crippen LogP contribution in [0, 0.1) is 22.7 Å². The van der Waals surface area contributed by atoms with E-state index in [2.05, 4.69) is 168 Å². The van der Waals surface area contributed by atoms with Gasteiger partial charge in [-0.1, -0.05) is 200 Å². The molecule has 0 amide bonds. The Morgan fingerprint density at radius 2 is 0.683 bits per heavy atom. The average molecular weight is 784 g/mol. The van der Waals surface area contributed by atoms with Crippen LogP contribution in [0.25, 0.3) is 29.4 Å². The molecule has 0 heterocycles. The summed E-state index contributed by atoms with van der Waals surface area (Å²) in [4.78, 5) is 2.20. The Labute approximate surface area is 354 Å². The van der Waals surface area contributed by atoms with Crippen molar-refractivity contribution in [3.63, 3.8) is 0 Å². The summed E-state index contributed by atoms with van der Waals surface area (Å²) in [6.45, 7) is 0. The third-order valence-electron chi connectivity index (χ3n) is 10.7. The molecule has 0 atom stereocenters. The first kappa shape index (κ1) is 38.8. The van der Waals surface area contributed by atoms with Crippen LogP contribution in [0.15, 0.2) is 230 Å². The third kappa shape index (κ3) is 8.61. The summed E-state index contributed by atoms with van der Waals surface area (Å²) in [5.74, 6) is 0. The zero-order valence-corrected chi connectivity index (χ0v) is 34.0. The van der Waals surface area contributed by atoms with Gasteiger partial charge in [0.1, 0.15) is 0 Å². The van der Waals surface area contributed by atoms with E-state index >= 15 is 0 Å². The fraction of sp³-hybridized carbons (Fsp3) is 0. The van der Waals surface area contributed by atoms with Crippen LogP contribution in [-0.4, -0.2) is 8.07 Å². The predicted octanol–water partition coefficient (Wildman–Crippen LogP) is 12.0. The van der Waals surface area contributed by atoms with Crippen molar-refractivity contribution in [1.29, 1.82) is 10.5 Å². The van der Waals surface area contributed by atoms with Gasteiger partial charge in [-0.3, -0.25) is 0 Å². The molecule has 0 aliphatic heterocycles. The largest absolute Gasteiger partial charge is 0.311 e. The Morgan fingerprint density at radius 1 is 0.367 bits per heavy atom. The molecule has 60 heavy (non-hydrogen) atoms. The highest BCUT2D eigenvalue weighted by Gasteiger charge is 2.36. The first-order valence-electron chi connectivity index (χ1n) is 20.0. The monoisotopic (exact) mass is 783 g/mol. The number of allylic oxidation sites excluding steroid dienone is 2. The maximum atomic E-state index is 10.2. The standard InChI is InChI=1S/C56H41N3Si/c57-42-49(47-32-30-44(31-33-47)38-39-60(54-20-10-3-11-21-54,55-22-12-4-13-23-55)56-24-14-5-15-25-56)40-45-26-28-46(29-27-45)41-50(43-58)48-34-36-53(37-35-48)59(51-16-6-1-7-17-51)52-18-8-2-9-19-52/h1-41H/b39-38+,49-40+,50-41+. The highest BCUT2D eigenvalue weighted by molar-refractivity contribution is 7.15. The highest BCUT2D eigenvalue weighted by Crippen LogP contribution is 2.35. The molecule has 4 heteroatoms. The lowest BCUT2D eigenvalue weighted by atomic mass is 10.0. The lowest BCUT2D eigenvalue weighted by Crippen LogP contribution is -2.66. The van der Waals surface area contributed by atoms with Gasteiger partial charge >= 0.3 is 0 Å². The molecular formula is C56H41N3Si. The summed E-state index contributed by atoms with van der Waals surface area (Å²) in [6, 6.07) is 82.0. The predicted molar refractivity (Wildman–Crippen MR) is 254 cm³/mol. The maximum Gasteiger partial charge on any atom is 0.172 e. The molecule has 284 valence electrons. The number of hydrogen-bond acceptors (Lipinski definition) is 3. The van der Waals surface area contributed by atoms with Crippen LogP contribution >= 0.6 is 0 Å². The third-order valence-corrected chi connectivity index (χ3v) is 15.1. The molecule has 8 aromatic carbocycles. The van der Waals surface area contributed by atoms with Gasteiger partial charge in [-0.25, -0.2) is 0 Å². The van der Waals surface area contributed by atoms with Gasteiger partial charge in [0, 0.05) is 17.1 Å². The average Bonchev–Trinajstić information content (AvgIpc) is 3.33. The number of rotatable bonds is 12. The molecule has 0 unspecified atom stereocenters. The van der Waals surface area contributed by atoms with Gasteiger partial charge in [0.2, 0.25) is 0 Å². The van der Waals surface area contributed by atoms with Crippen LogP contribution in [0.5, 0.6) is 0 Å². The van der Waals surface area contributed by atoms with Crippen molar-refractivity contribution >= 4 is 70.1 Å². The van der Waals surface area contributed by atoms with E-state index < -0.39 is 8.07 Å². The van der Waals surface area contributed by atoms with E-state index in [1.807, 2.05) is 97.1 Å². The van der Waals surface area contributed by atoms with Gasteiger partial charge in [-0.2, -0.15) is 10.5 Å². The summed E-state index contributed by atoms with van der Waals surface area (Å²) in [5, 5.41) is 24.4. The fourth-order valence-corrected chi connectivity index (χ4v) is 11.8. The molecule has 3 nitrogen and oxygen atoms in total. The van der Waals surface area contributed by atoms with Crippen LogP contribution in [0.1, 0.15) is 27.8 Å². The van der Waals surface area contributed by atoms with E-state index in [0.717, 1.165) is 44.9 Å². The summed E-state index contributed by atoms with van der Waals surface area (Å²) < 4.78 is 0. The molecule has 0 saturated heterocycles. The van der Waals surface area contributed by atoms with Gasteiger partial charge < -0.3 is 4.90 Å². The van der Waals surface area contributed by atoms with Crippen LogP contribution in [0.2, 0.25) is 0 Å². The molecule has 0 radical (unpaired) electrons. The molecule has 0 aromatic heterocycles. The number of hydrogen-bond donors (Lipinski definition) is 0. The molecule has 0 aliphatic rings. The van der Waals surface area contributed by atoms with E-state index in [4.69, 9.17) is 0 Å². The van der Waals surface area contributed by atoms with Gasteiger partial charge in [0.05, 0.1) is 23.3 Å². The Balaban J connectivity index is 1.01. The van der Waals surface area contributed by atoms with E-state index in [0.29, 0.717) is 11.1 Å². The second-order valence-electron chi connectivity index (χ2n) is 14.4. The second-order valence-corrected chi connectivity index (χ2v) is 18.1. The molecule has 0 spiro atoms. The zero-order chi connectivity index (χ0) is 41.0. The quantitative estimate of drug-likeness (QED) is 0.0537. The molecule has 8 aromatic rings. The summed E-state index contributed by atoms with van der Waals surface area (Å²) in [5.41, 5.74) is 11.3. The fourth-order valence-electron chi connectivity index (χ4n) is 7.66. The summed E-state index contributed by atoms with van der Waals surface area (Å²) >= 11 is 0. The Bertz CT molecular complexity index is 2680. The van der Waals surface area contributed by atoms with Crippen molar-refractivity contribution in [2.45, 2.75) is 0 Å².